The molecule has 4 rings (SSSR count). The first-order valence-electron chi connectivity index (χ1n) is 6.87. The minimum absolute atomic E-state index is 0.169. The molecule has 20 heavy (non-hydrogen) atoms. The lowest BCUT2D eigenvalue weighted by molar-refractivity contribution is 0.0688. The van der Waals surface area contributed by atoms with Gasteiger partial charge in [-0.05, 0) is 18.8 Å². The van der Waals surface area contributed by atoms with Gasteiger partial charge in [-0.3, -0.25) is 4.98 Å². The molecule has 1 saturated carbocycles. The van der Waals surface area contributed by atoms with E-state index in [2.05, 4.69) is 15.1 Å². The van der Waals surface area contributed by atoms with Crippen LogP contribution in [0, 0.1) is 5.92 Å². The van der Waals surface area contributed by atoms with E-state index in [1.54, 1.807) is 23.3 Å². The third-order valence-corrected chi connectivity index (χ3v) is 3.73. The lowest BCUT2D eigenvalue weighted by Gasteiger charge is -2.03. The maximum Gasteiger partial charge on any atom is 0.356 e. The number of carboxylic acids is 1. The highest BCUT2D eigenvalue weighted by Gasteiger charge is 2.50. The maximum atomic E-state index is 11.2. The van der Waals surface area contributed by atoms with E-state index in [-0.39, 0.29) is 5.69 Å². The molecule has 6 heteroatoms. The van der Waals surface area contributed by atoms with Crippen LogP contribution in [0.1, 0.15) is 47.9 Å². The van der Waals surface area contributed by atoms with Gasteiger partial charge in [0.05, 0.1) is 11.9 Å². The van der Waals surface area contributed by atoms with Gasteiger partial charge in [0.1, 0.15) is 0 Å². The third kappa shape index (κ3) is 1.79. The fraction of sp³-hybridized carbons (Fsp3) is 0.429. The standard InChI is InChI=1S/C12H10N4O2.C2H6/c17-12(18)10-8-4-6-3-7(6)11(8)16(15-10)9-5-13-1-2-14-9;1-2/h1-2,5-7H,3-4H2,(H,17,18);1-2H3. The van der Waals surface area contributed by atoms with Crippen molar-refractivity contribution >= 4 is 5.97 Å². The zero-order chi connectivity index (χ0) is 14.3. The molecule has 1 N–H and O–H groups in total. The number of aromatic nitrogens is 4. The predicted molar refractivity (Wildman–Crippen MR) is 72.0 cm³/mol. The van der Waals surface area contributed by atoms with Crippen molar-refractivity contribution in [2.75, 3.05) is 0 Å². The first-order valence-corrected chi connectivity index (χ1v) is 6.87. The summed E-state index contributed by atoms with van der Waals surface area (Å²) in [7, 11) is 0. The van der Waals surface area contributed by atoms with Gasteiger partial charge >= 0.3 is 5.97 Å². The molecular formula is C14H16N4O2. The molecule has 1 fully saturated rings. The van der Waals surface area contributed by atoms with Crippen LogP contribution in [0.15, 0.2) is 18.6 Å². The summed E-state index contributed by atoms with van der Waals surface area (Å²) in [5.41, 5.74) is 2.08. The number of carbonyl (C=O) groups is 1. The predicted octanol–water partition coefficient (Wildman–Crippen LogP) is 2.05. The highest BCUT2D eigenvalue weighted by atomic mass is 16.4. The average molecular weight is 272 g/mol. The molecule has 0 bridgehead atoms. The fourth-order valence-electron chi connectivity index (χ4n) is 2.86. The molecule has 2 aliphatic rings. The summed E-state index contributed by atoms with van der Waals surface area (Å²) >= 11 is 0. The lowest BCUT2D eigenvalue weighted by atomic mass is 10.1. The Morgan fingerprint density at radius 3 is 2.85 bits per heavy atom. The summed E-state index contributed by atoms with van der Waals surface area (Å²) < 4.78 is 1.66. The van der Waals surface area contributed by atoms with Gasteiger partial charge in [-0.25, -0.2) is 14.5 Å². The van der Waals surface area contributed by atoms with Crippen LogP contribution in [0.4, 0.5) is 0 Å². The molecule has 0 aliphatic heterocycles. The summed E-state index contributed by atoms with van der Waals surface area (Å²) in [5, 5.41) is 13.4. The Bertz CT molecular complexity index is 651. The minimum atomic E-state index is -0.963. The minimum Gasteiger partial charge on any atom is -0.476 e. The molecule has 2 aromatic rings. The molecule has 6 nitrogen and oxygen atoms in total. The van der Waals surface area contributed by atoms with Crippen molar-refractivity contribution in [3.8, 4) is 5.82 Å². The SMILES string of the molecule is CC.O=C(O)c1nn(-c2cnccn2)c2c1CC1CC21. The van der Waals surface area contributed by atoms with Crippen molar-refractivity contribution in [3.63, 3.8) is 0 Å². The zero-order valence-electron chi connectivity index (χ0n) is 11.4. The van der Waals surface area contributed by atoms with Crippen molar-refractivity contribution < 1.29 is 9.90 Å². The van der Waals surface area contributed by atoms with Gasteiger partial charge in [0.25, 0.3) is 0 Å². The molecule has 0 amide bonds. The Hall–Kier alpha value is -2.24. The van der Waals surface area contributed by atoms with E-state index in [1.165, 1.54) is 0 Å². The molecule has 2 aliphatic carbocycles. The Labute approximate surface area is 116 Å². The third-order valence-electron chi connectivity index (χ3n) is 3.73. The summed E-state index contributed by atoms with van der Waals surface area (Å²) in [4.78, 5) is 19.4. The number of carboxylic acid groups (broad SMARTS) is 1. The normalized spacial score (nSPS) is 21.5. The Balaban J connectivity index is 0.000000581. The van der Waals surface area contributed by atoms with Crippen LogP contribution in [0.3, 0.4) is 0 Å². The van der Waals surface area contributed by atoms with E-state index in [9.17, 15) is 9.90 Å². The maximum absolute atomic E-state index is 11.2. The Kier molecular flexibility index (Phi) is 3.00. The monoisotopic (exact) mass is 272 g/mol. The van der Waals surface area contributed by atoms with Gasteiger partial charge in [-0.2, -0.15) is 5.10 Å². The largest absolute Gasteiger partial charge is 0.476 e. The summed E-state index contributed by atoms with van der Waals surface area (Å²) in [6.45, 7) is 4.00. The first-order chi connectivity index (χ1) is 9.75. The molecule has 0 aromatic carbocycles. The first kappa shape index (κ1) is 12.8. The molecule has 2 heterocycles. The second kappa shape index (κ2) is 4.70. The second-order valence-electron chi connectivity index (χ2n) is 4.80. The molecular weight excluding hydrogens is 256 g/mol. The number of fused-ring (bicyclic) bond motifs is 3. The lowest BCUT2D eigenvalue weighted by Crippen LogP contribution is -2.05. The number of aromatic carboxylic acids is 1. The van der Waals surface area contributed by atoms with Crippen molar-refractivity contribution in [2.45, 2.75) is 32.6 Å². The van der Waals surface area contributed by atoms with Crippen LogP contribution in [0.5, 0.6) is 0 Å². The second-order valence-corrected chi connectivity index (χ2v) is 4.80. The van der Waals surface area contributed by atoms with Crippen molar-refractivity contribution in [2.24, 2.45) is 5.92 Å². The van der Waals surface area contributed by atoms with E-state index >= 15 is 0 Å². The van der Waals surface area contributed by atoms with Gasteiger partial charge in [0, 0.05) is 23.9 Å². The van der Waals surface area contributed by atoms with Crippen LogP contribution < -0.4 is 0 Å². The smallest absolute Gasteiger partial charge is 0.356 e. The van der Waals surface area contributed by atoms with Gasteiger partial charge in [-0.1, -0.05) is 13.8 Å². The van der Waals surface area contributed by atoms with Gasteiger partial charge < -0.3 is 5.11 Å². The topological polar surface area (TPSA) is 80.9 Å². The van der Waals surface area contributed by atoms with Crippen molar-refractivity contribution in [3.05, 3.63) is 35.5 Å². The molecule has 0 spiro atoms. The van der Waals surface area contributed by atoms with Crippen LogP contribution >= 0.6 is 0 Å². The van der Waals surface area contributed by atoms with Gasteiger partial charge in [0.15, 0.2) is 11.5 Å². The highest BCUT2D eigenvalue weighted by molar-refractivity contribution is 5.88. The quantitative estimate of drug-likeness (QED) is 0.904. The molecule has 0 saturated heterocycles. The number of nitrogens with zero attached hydrogens (tertiary/aromatic N) is 4. The van der Waals surface area contributed by atoms with E-state index in [0.717, 1.165) is 24.1 Å². The molecule has 104 valence electrons. The number of rotatable bonds is 2. The van der Waals surface area contributed by atoms with Crippen LogP contribution in [0.25, 0.3) is 5.82 Å². The molecule has 2 aromatic heterocycles. The summed E-state index contributed by atoms with van der Waals surface area (Å²) in [6, 6.07) is 0. The fourth-order valence-corrected chi connectivity index (χ4v) is 2.86. The van der Waals surface area contributed by atoms with Crippen LogP contribution in [0.2, 0.25) is 0 Å². The highest BCUT2D eigenvalue weighted by Crippen LogP contribution is 2.57. The molecule has 2 unspecified atom stereocenters. The van der Waals surface area contributed by atoms with E-state index < -0.39 is 5.97 Å². The zero-order valence-corrected chi connectivity index (χ0v) is 11.4. The number of hydrogen-bond acceptors (Lipinski definition) is 4. The van der Waals surface area contributed by atoms with E-state index in [0.29, 0.717) is 17.7 Å². The van der Waals surface area contributed by atoms with Crippen molar-refractivity contribution in [1.29, 1.82) is 0 Å². The van der Waals surface area contributed by atoms with Crippen LogP contribution in [-0.4, -0.2) is 30.8 Å². The summed E-state index contributed by atoms with van der Waals surface area (Å²) in [5.74, 6) is 0.700. The van der Waals surface area contributed by atoms with E-state index in [4.69, 9.17) is 0 Å². The summed E-state index contributed by atoms with van der Waals surface area (Å²) in [6.07, 6.45) is 6.75. The van der Waals surface area contributed by atoms with Crippen molar-refractivity contribution in [1.82, 2.24) is 19.7 Å². The molecule has 0 radical (unpaired) electrons. The Morgan fingerprint density at radius 2 is 2.20 bits per heavy atom. The van der Waals surface area contributed by atoms with Crippen LogP contribution in [-0.2, 0) is 6.42 Å². The Morgan fingerprint density at radius 1 is 1.40 bits per heavy atom. The molecule has 2 atom stereocenters. The number of hydrogen-bond donors (Lipinski definition) is 1. The van der Waals surface area contributed by atoms with Gasteiger partial charge in [-0.15, -0.1) is 0 Å². The van der Waals surface area contributed by atoms with E-state index in [1.807, 2.05) is 13.8 Å². The van der Waals surface area contributed by atoms with Gasteiger partial charge in [0.2, 0.25) is 0 Å². The average Bonchev–Trinajstić information content (AvgIpc) is 2.98.